The molecule has 7 nitrogen and oxygen atoms in total. The molecule has 2 atom stereocenters. The predicted molar refractivity (Wildman–Crippen MR) is 92.8 cm³/mol. The maximum atomic E-state index is 11.7. The minimum Gasteiger partial charge on any atom is -0.472 e. The number of ether oxygens (including phenoxy) is 1. The van der Waals surface area contributed by atoms with Crippen molar-refractivity contribution in [3.8, 4) is 11.8 Å². The van der Waals surface area contributed by atoms with Crippen LogP contribution in [0.25, 0.3) is 16.9 Å². The molecule has 0 amide bonds. The van der Waals surface area contributed by atoms with Crippen molar-refractivity contribution in [2.24, 2.45) is 0 Å². The SMILES string of the molecule is CC(=O)C1CC(Oc2nc(-n3ccnc3)nc3ccccc23)CN1C. The minimum atomic E-state index is -0.0915. The van der Waals surface area contributed by atoms with Crippen LogP contribution >= 0.6 is 0 Å². The summed E-state index contributed by atoms with van der Waals surface area (Å²) in [7, 11) is 1.95. The van der Waals surface area contributed by atoms with Crippen LogP contribution in [0.1, 0.15) is 13.3 Å². The van der Waals surface area contributed by atoms with E-state index in [9.17, 15) is 4.79 Å². The molecule has 0 radical (unpaired) electrons. The van der Waals surface area contributed by atoms with Gasteiger partial charge in [0.05, 0.1) is 16.9 Å². The Morgan fingerprint density at radius 2 is 2.12 bits per heavy atom. The normalized spacial score (nSPS) is 20.9. The first-order valence-electron chi connectivity index (χ1n) is 8.24. The maximum absolute atomic E-state index is 11.7. The van der Waals surface area contributed by atoms with Gasteiger partial charge in [0.25, 0.3) is 0 Å². The lowest BCUT2D eigenvalue weighted by molar-refractivity contribution is -0.120. The third-order valence-electron chi connectivity index (χ3n) is 4.55. The first-order chi connectivity index (χ1) is 12.1. The largest absolute Gasteiger partial charge is 0.472 e. The fourth-order valence-electron chi connectivity index (χ4n) is 3.29. The van der Waals surface area contributed by atoms with Crippen LogP contribution in [0.4, 0.5) is 0 Å². The second kappa shape index (κ2) is 6.25. The molecule has 1 aliphatic heterocycles. The standard InChI is InChI=1S/C18H19N5O2/c1-12(24)16-9-13(10-22(16)2)25-17-14-5-3-4-6-15(14)20-18(21-17)23-8-7-19-11-23/h3-8,11,13,16H,9-10H2,1-2H3. The molecule has 1 saturated heterocycles. The van der Waals surface area contributed by atoms with Crippen molar-refractivity contribution in [1.29, 1.82) is 0 Å². The fourth-order valence-corrected chi connectivity index (χ4v) is 3.29. The van der Waals surface area contributed by atoms with Gasteiger partial charge in [0.15, 0.2) is 0 Å². The molecule has 3 heterocycles. The van der Waals surface area contributed by atoms with E-state index in [0.29, 0.717) is 24.8 Å². The maximum Gasteiger partial charge on any atom is 0.238 e. The van der Waals surface area contributed by atoms with Crippen LogP contribution in [0.15, 0.2) is 43.0 Å². The molecule has 2 unspecified atom stereocenters. The Morgan fingerprint density at radius 3 is 2.84 bits per heavy atom. The number of nitrogens with zero attached hydrogens (tertiary/aromatic N) is 5. The molecule has 0 aliphatic carbocycles. The summed E-state index contributed by atoms with van der Waals surface area (Å²) >= 11 is 0. The van der Waals surface area contributed by atoms with Crippen molar-refractivity contribution in [2.45, 2.75) is 25.5 Å². The van der Waals surface area contributed by atoms with E-state index in [0.717, 1.165) is 10.9 Å². The molecule has 0 spiro atoms. The molecule has 0 saturated carbocycles. The number of aromatic nitrogens is 4. The zero-order valence-corrected chi connectivity index (χ0v) is 14.2. The Labute approximate surface area is 145 Å². The van der Waals surface area contributed by atoms with E-state index in [2.05, 4.69) is 15.0 Å². The van der Waals surface area contributed by atoms with Crippen molar-refractivity contribution in [2.75, 3.05) is 13.6 Å². The summed E-state index contributed by atoms with van der Waals surface area (Å²) in [5, 5.41) is 0.861. The number of likely N-dealkylation sites (N-methyl/N-ethyl adjacent to an activating group) is 1. The van der Waals surface area contributed by atoms with E-state index in [1.54, 1.807) is 30.2 Å². The number of Topliss-reactive ketones (excluding diaryl/α,β-unsaturated/α-hetero) is 1. The van der Waals surface area contributed by atoms with Gasteiger partial charge in [-0.2, -0.15) is 4.98 Å². The van der Waals surface area contributed by atoms with E-state index in [4.69, 9.17) is 4.74 Å². The number of hydrogen-bond donors (Lipinski definition) is 0. The van der Waals surface area contributed by atoms with Crippen molar-refractivity contribution >= 4 is 16.7 Å². The highest BCUT2D eigenvalue weighted by Crippen LogP contribution is 2.27. The van der Waals surface area contributed by atoms with Gasteiger partial charge in [-0.25, -0.2) is 9.97 Å². The number of imidazole rings is 1. The molecule has 4 rings (SSSR count). The molecule has 3 aromatic rings. The molecule has 1 aromatic carbocycles. The van der Waals surface area contributed by atoms with E-state index >= 15 is 0 Å². The van der Waals surface area contributed by atoms with Gasteiger partial charge in [0.2, 0.25) is 11.8 Å². The van der Waals surface area contributed by atoms with Gasteiger partial charge >= 0.3 is 0 Å². The summed E-state index contributed by atoms with van der Waals surface area (Å²) in [6.07, 6.45) is 5.73. The molecule has 128 valence electrons. The number of carbonyl (C=O) groups excluding carboxylic acids is 1. The Morgan fingerprint density at radius 1 is 1.28 bits per heavy atom. The monoisotopic (exact) mass is 337 g/mol. The zero-order valence-electron chi connectivity index (χ0n) is 14.2. The average molecular weight is 337 g/mol. The average Bonchev–Trinajstić information content (AvgIpc) is 3.24. The van der Waals surface area contributed by atoms with Gasteiger partial charge in [0.1, 0.15) is 18.2 Å². The second-order valence-electron chi connectivity index (χ2n) is 6.36. The Hall–Kier alpha value is -2.80. The predicted octanol–water partition coefficient (Wildman–Crippen LogP) is 1.86. The highest BCUT2D eigenvalue weighted by atomic mass is 16.5. The number of para-hydroxylation sites is 1. The summed E-state index contributed by atoms with van der Waals surface area (Å²) in [5.41, 5.74) is 0.811. The van der Waals surface area contributed by atoms with Crippen molar-refractivity contribution in [3.63, 3.8) is 0 Å². The summed E-state index contributed by atoms with van der Waals surface area (Å²) < 4.78 is 7.95. The van der Waals surface area contributed by atoms with Gasteiger partial charge in [0, 0.05) is 25.4 Å². The molecule has 25 heavy (non-hydrogen) atoms. The lowest BCUT2D eigenvalue weighted by atomic mass is 10.1. The van der Waals surface area contributed by atoms with Gasteiger partial charge in [-0.1, -0.05) is 12.1 Å². The summed E-state index contributed by atoms with van der Waals surface area (Å²) in [6.45, 7) is 2.32. The van der Waals surface area contributed by atoms with E-state index in [1.807, 2.05) is 36.2 Å². The lowest BCUT2D eigenvalue weighted by Crippen LogP contribution is -2.31. The van der Waals surface area contributed by atoms with E-state index in [-0.39, 0.29) is 17.9 Å². The summed E-state index contributed by atoms with van der Waals surface area (Å²) in [4.78, 5) is 27.0. The molecule has 0 N–H and O–H groups in total. The smallest absolute Gasteiger partial charge is 0.238 e. The van der Waals surface area contributed by atoms with Crippen molar-refractivity contribution < 1.29 is 9.53 Å². The Kier molecular flexibility index (Phi) is 3.93. The third-order valence-corrected chi connectivity index (χ3v) is 4.55. The van der Waals surface area contributed by atoms with Crippen LogP contribution < -0.4 is 4.74 Å². The minimum absolute atomic E-state index is 0.0761. The molecule has 2 aromatic heterocycles. The fraction of sp³-hybridized carbons (Fsp3) is 0.333. The molecular formula is C18H19N5O2. The number of hydrogen-bond acceptors (Lipinski definition) is 6. The van der Waals surface area contributed by atoms with Crippen LogP contribution in [-0.4, -0.2) is 55.9 Å². The van der Waals surface area contributed by atoms with E-state index < -0.39 is 0 Å². The van der Waals surface area contributed by atoms with Crippen LogP contribution in [0.3, 0.4) is 0 Å². The van der Waals surface area contributed by atoms with Crippen LogP contribution in [0.5, 0.6) is 5.88 Å². The number of fused-ring (bicyclic) bond motifs is 1. The molecule has 1 fully saturated rings. The molecular weight excluding hydrogens is 318 g/mol. The van der Waals surface area contributed by atoms with Crippen LogP contribution in [0.2, 0.25) is 0 Å². The second-order valence-corrected chi connectivity index (χ2v) is 6.36. The summed E-state index contributed by atoms with van der Waals surface area (Å²) in [5.74, 6) is 1.22. The highest BCUT2D eigenvalue weighted by molar-refractivity contribution is 5.84. The number of carbonyl (C=O) groups is 1. The summed E-state index contributed by atoms with van der Waals surface area (Å²) in [6, 6.07) is 7.67. The van der Waals surface area contributed by atoms with Gasteiger partial charge in [-0.05, 0) is 26.1 Å². The van der Waals surface area contributed by atoms with Crippen molar-refractivity contribution in [3.05, 3.63) is 43.0 Å². The van der Waals surface area contributed by atoms with Crippen molar-refractivity contribution in [1.82, 2.24) is 24.4 Å². The quantitative estimate of drug-likeness (QED) is 0.723. The first-order valence-corrected chi connectivity index (χ1v) is 8.24. The highest BCUT2D eigenvalue weighted by Gasteiger charge is 2.34. The number of benzene rings is 1. The molecule has 7 heteroatoms. The van der Waals surface area contributed by atoms with Gasteiger partial charge in [-0.3, -0.25) is 14.3 Å². The van der Waals surface area contributed by atoms with Gasteiger partial charge < -0.3 is 4.74 Å². The third kappa shape index (κ3) is 2.98. The number of ketones is 1. The van der Waals surface area contributed by atoms with E-state index in [1.165, 1.54) is 0 Å². The lowest BCUT2D eigenvalue weighted by Gasteiger charge is -2.15. The van der Waals surface area contributed by atoms with Gasteiger partial charge in [-0.15, -0.1) is 0 Å². The Balaban J connectivity index is 1.70. The molecule has 0 bridgehead atoms. The number of likely N-dealkylation sites (tertiary alicyclic amines) is 1. The molecule has 1 aliphatic rings. The topological polar surface area (TPSA) is 73.1 Å². The van der Waals surface area contributed by atoms with Crippen LogP contribution in [-0.2, 0) is 4.79 Å². The number of rotatable bonds is 4. The Bertz CT molecular complexity index is 909. The first kappa shape index (κ1) is 15.7. The zero-order chi connectivity index (χ0) is 17.4. The van der Waals surface area contributed by atoms with Crippen LogP contribution in [0, 0.1) is 0 Å².